The van der Waals surface area contributed by atoms with E-state index in [1.165, 1.54) is 38.6 Å². The second kappa shape index (κ2) is 4.00. The molecule has 3 unspecified atom stereocenters. The van der Waals surface area contributed by atoms with Crippen molar-refractivity contribution in [2.75, 3.05) is 6.54 Å². The molecule has 3 atom stereocenters. The van der Waals surface area contributed by atoms with E-state index < -0.39 is 0 Å². The van der Waals surface area contributed by atoms with Crippen LogP contribution in [-0.2, 0) is 0 Å². The molecular formula is C12H23N. The molecule has 1 saturated carbocycles. The van der Waals surface area contributed by atoms with Gasteiger partial charge in [-0.15, -0.1) is 0 Å². The van der Waals surface area contributed by atoms with E-state index >= 15 is 0 Å². The molecule has 76 valence electrons. The number of rotatable bonds is 1. The number of hydrogen-bond donors (Lipinski definition) is 1. The summed E-state index contributed by atoms with van der Waals surface area (Å²) >= 11 is 0. The third-order valence-electron chi connectivity index (χ3n) is 4.07. The van der Waals surface area contributed by atoms with Crippen molar-refractivity contribution in [3.63, 3.8) is 0 Å². The summed E-state index contributed by atoms with van der Waals surface area (Å²) in [6.07, 6.45) is 7.32. The summed E-state index contributed by atoms with van der Waals surface area (Å²) in [5, 5.41) is 3.75. The van der Waals surface area contributed by atoms with Crippen LogP contribution in [0.3, 0.4) is 0 Å². The molecule has 2 aliphatic rings. The Labute approximate surface area is 82.3 Å². The zero-order valence-corrected chi connectivity index (χ0v) is 9.05. The molecule has 1 heterocycles. The van der Waals surface area contributed by atoms with Crippen molar-refractivity contribution in [3.05, 3.63) is 0 Å². The predicted molar refractivity (Wildman–Crippen MR) is 56.7 cm³/mol. The summed E-state index contributed by atoms with van der Waals surface area (Å²) in [5.41, 5.74) is 0. The Bertz CT molecular complexity index is 163. The molecule has 2 fully saturated rings. The van der Waals surface area contributed by atoms with Crippen molar-refractivity contribution in [1.29, 1.82) is 0 Å². The first kappa shape index (κ1) is 9.51. The summed E-state index contributed by atoms with van der Waals surface area (Å²) in [4.78, 5) is 0. The summed E-state index contributed by atoms with van der Waals surface area (Å²) in [6.45, 7) is 6.05. The number of nitrogens with one attached hydrogen (secondary N) is 1. The number of piperidine rings is 1. The van der Waals surface area contributed by atoms with E-state index in [1.54, 1.807) is 0 Å². The van der Waals surface area contributed by atoms with Gasteiger partial charge in [-0.1, -0.05) is 20.3 Å². The second-order valence-corrected chi connectivity index (χ2v) is 5.22. The topological polar surface area (TPSA) is 12.0 Å². The Morgan fingerprint density at radius 3 is 2.62 bits per heavy atom. The fraction of sp³-hybridized carbons (Fsp3) is 1.00. The predicted octanol–water partition coefficient (Wildman–Crippen LogP) is 2.81. The molecule has 0 bridgehead atoms. The van der Waals surface area contributed by atoms with Gasteiger partial charge in [0.25, 0.3) is 0 Å². The highest BCUT2D eigenvalue weighted by Gasteiger charge is 2.35. The molecule has 0 radical (unpaired) electrons. The van der Waals surface area contributed by atoms with Gasteiger partial charge >= 0.3 is 0 Å². The molecule has 1 aliphatic carbocycles. The first-order chi connectivity index (χ1) is 6.29. The first-order valence-electron chi connectivity index (χ1n) is 6.02. The highest BCUT2D eigenvalue weighted by Crippen LogP contribution is 2.37. The molecular weight excluding hydrogens is 158 g/mol. The lowest BCUT2D eigenvalue weighted by Crippen LogP contribution is -2.49. The molecule has 0 spiro atoms. The van der Waals surface area contributed by atoms with Crippen LogP contribution in [0, 0.1) is 17.8 Å². The lowest BCUT2D eigenvalue weighted by atomic mass is 9.69. The van der Waals surface area contributed by atoms with Crippen LogP contribution in [0.1, 0.15) is 46.0 Å². The van der Waals surface area contributed by atoms with Crippen molar-refractivity contribution in [2.24, 2.45) is 17.8 Å². The molecule has 13 heavy (non-hydrogen) atoms. The minimum atomic E-state index is 0.863. The van der Waals surface area contributed by atoms with E-state index in [-0.39, 0.29) is 0 Å². The lowest BCUT2D eigenvalue weighted by Gasteiger charge is -2.43. The molecule has 1 heteroatoms. The molecule has 2 rings (SSSR count). The highest BCUT2D eigenvalue weighted by molar-refractivity contribution is 4.91. The van der Waals surface area contributed by atoms with Crippen molar-refractivity contribution in [3.8, 4) is 0 Å². The second-order valence-electron chi connectivity index (χ2n) is 5.22. The minimum Gasteiger partial charge on any atom is -0.313 e. The van der Waals surface area contributed by atoms with E-state index in [9.17, 15) is 0 Å². The Kier molecular flexibility index (Phi) is 2.92. The van der Waals surface area contributed by atoms with Gasteiger partial charge in [0.15, 0.2) is 0 Å². The maximum Gasteiger partial charge on any atom is 0.0126 e. The fourth-order valence-electron chi connectivity index (χ4n) is 3.35. The van der Waals surface area contributed by atoms with Gasteiger partial charge in [0.1, 0.15) is 0 Å². The summed E-state index contributed by atoms with van der Waals surface area (Å²) in [7, 11) is 0. The van der Waals surface area contributed by atoms with Crippen LogP contribution in [0.15, 0.2) is 0 Å². The van der Waals surface area contributed by atoms with Crippen molar-refractivity contribution in [2.45, 2.75) is 52.0 Å². The van der Waals surface area contributed by atoms with Crippen LogP contribution in [0.4, 0.5) is 0 Å². The van der Waals surface area contributed by atoms with Gasteiger partial charge in [-0.05, 0) is 50.0 Å². The number of fused-ring (bicyclic) bond motifs is 1. The molecule has 1 nitrogen and oxygen atoms in total. The van der Waals surface area contributed by atoms with E-state index in [0.29, 0.717) is 0 Å². The summed E-state index contributed by atoms with van der Waals surface area (Å²) in [5.74, 6) is 2.84. The van der Waals surface area contributed by atoms with Gasteiger partial charge in [-0.3, -0.25) is 0 Å². The first-order valence-corrected chi connectivity index (χ1v) is 6.02. The van der Waals surface area contributed by atoms with Crippen LogP contribution in [0.2, 0.25) is 0 Å². The molecule has 0 aromatic heterocycles. The van der Waals surface area contributed by atoms with Gasteiger partial charge in [-0.2, -0.15) is 0 Å². The van der Waals surface area contributed by atoms with Crippen molar-refractivity contribution < 1.29 is 0 Å². The van der Waals surface area contributed by atoms with Gasteiger partial charge < -0.3 is 5.32 Å². The van der Waals surface area contributed by atoms with Gasteiger partial charge in [0.05, 0.1) is 0 Å². The third-order valence-corrected chi connectivity index (χ3v) is 4.07. The largest absolute Gasteiger partial charge is 0.313 e. The monoisotopic (exact) mass is 181 g/mol. The molecule has 0 aromatic rings. The molecule has 1 aliphatic heterocycles. The Balaban J connectivity index is 2.02. The van der Waals surface area contributed by atoms with Crippen molar-refractivity contribution >= 4 is 0 Å². The quantitative estimate of drug-likeness (QED) is 0.656. The highest BCUT2D eigenvalue weighted by atomic mass is 14.9. The average molecular weight is 181 g/mol. The zero-order valence-electron chi connectivity index (χ0n) is 9.05. The van der Waals surface area contributed by atoms with Gasteiger partial charge in [-0.25, -0.2) is 0 Å². The maximum absolute atomic E-state index is 3.75. The molecule has 1 N–H and O–H groups in total. The summed E-state index contributed by atoms with van der Waals surface area (Å²) < 4.78 is 0. The zero-order chi connectivity index (χ0) is 9.26. The Morgan fingerprint density at radius 2 is 1.85 bits per heavy atom. The van der Waals surface area contributed by atoms with E-state index in [2.05, 4.69) is 19.2 Å². The van der Waals surface area contributed by atoms with Crippen LogP contribution < -0.4 is 5.32 Å². The van der Waals surface area contributed by atoms with Gasteiger partial charge in [0.2, 0.25) is 0 Å². The molecule has 0 amide bonds. The van der Waals surface area contributed by atoms with E-state index in [1.807, 2.05) is 0 Å². The normalized spacial score (nSPS) is 40.4. The van der Waals surface area contributed by atoms with Crippen LogP contribution >= 0.6 is 0 Å². The third kappa shape index (κ3) is 1.90. The minimum absolute atomic E-state index is 0.863. The fourth-order valence-corrected chi connectivity index (χ4v) is 3.35. The summed E-state index contributed by atoms with van der Waals surface area (Å²) in [6, 6.07) is 0.863. The van der Waals surface area contributed by atoms with Crippen LogP contribution in [0.5, 0.6) is 0 Å². The molecule has 0 aromatic carbocycles. The van der Waals surface area contributed by atoms with Crippen molar-refractivity contribution in [1.82, 2.24) is 5.32 Å². The SMILES string of the molecule is CC(C)C1CCCC2CCCNC21. The van der Waals surface area contributed by atoms with Gasteiger partial charge in [0, 0.05) is 6.04 Å². The van der Waals surface area contributed by atoms with E-state index in [4.69, 9.17) is 0 Å². The smallest absolute Gasteiger partial charge is 0.0126 e. The van der Waals surface area contributed by atoms with E-state index in [0.717, 1.165) is 23.8 Å². The molecule has 1 saturated heterocycles. The standard InChI is InChI=1S/C12H23N/c1-9(2)11-7-3-5-10-6-4-8-13-12(10)11/h9-13H,3-8H2,1-2H3. The maximum atomic E-state index is 3.75. The number of hydrogen-bond acceptors (Lipinski definition) is 1. The van der Waals surface area contributed by atoms with Crippen LogP contribution in [-0.4, -0.2) is 12.6 Å². The lowest BCUT2D eigenvalue weighted by molar-refractivity contribution is 0.115. The Hall–Kier alpha value is -0.0400. The average Bonchev–Trinajstić information content (AvgIpc) is 2.17. The Morgan fingerprint density at radius 1 is 1.08 bits per heavy atom. The van der Waals surface area contributed by atoms with Crippen LogP contribution in [0.25, 0.3) is 0 Å².